The molecule has 0 aliphatic heterocycles. The Kier molecular flexibility index (Phi) is 3.92. The first-order valence-corrected chi connectivity index (χ1v) is 4.86. The smallest absolute Gasteiger partial charge is 0.216 e. The number of H-pyrrole nitrogens is 1. The standard InChI is InChI=1S/C11H15N3O/c1-8-11(9(2)14-13-8)6-4-5-7-12-10(3)15/h5,7H2,1-3H3,(H,12,15)(H,13,14). The van der Waals surface area contributed by atoms with Gasteiger partial charge in [-0.3, -0.25) is 9.89 Å². The van der Waals surface area contributed by atoms with Gasteiger partial charge in [0.25, 0.3) is 0 Å². The van der Waals surface area contributed by atoms with Crippen LogP contribution in [0.1, 0.15) is 30.3 Å². The van der Waals surface area contributed by atoms with E-state index in [-0.39, 0.29) is 5.91 Å². The molecular formula is C11H15N3O. The summed E-state index contributed by atoms with van der Waals surface area (Å²) in [4.78, 5) is 10.6. The number of hydrogen-bond acceptors (Lipinski definition) is 2. The summed E-state index contributed by atoms with van der Waals surface area (Å²) in [6, 6.07) is 0. The Labute approximate surface area is 89.5 Å². The van der Waals surface area contributed by atoms with Gasteiger partial charge in [-0.15, -0.1) is 0 Å². The van der Waals surface area contributed by atoms with Crippen molar-refractivity contribution in [2.24, 2.45) is 0 Å². The number of carbonyl (C=O) groups is 1. The maximum Gasteiger partial charge on any atom is 0.216 e. The summed E-state index contributed by atoms with van der Waals surface area (Å²) in [5, 5.41) is 9.61. The van der Waals surface area contributed by atoms with Crippen LogP contribution in [-0.4, -0.2) is 22.6 Å². The first kappa shape index (κ1) is 11.3. The zero-order valence-corrected chi connectivity index (χ0v) is 9.27. The van der Waals surface area contributed by atoms with E-state index in [0.29, 0.717) is 13.0 Å². The van der Waals surface area contributed by atoms with Crippen LogP contribution in [0.25, 0.3) is 0 Å². The predicted octanol–water partition coefficient (Wildman–Crippen LogP) is 0.904. The van der Waals surface area contributed by atoms with Crippen molar-refractivity contribution in [3.63, 3.8) is 0 Å². The van der Waals surface area contributed by atoms with Crippen LogP contribution in [0.3, 0.4) is 0 Å². The number of aromatic nitrogens is 2. The van der Waals surface area contributed by atoms with Gasteiger partial charge in [-0.25, -0.2) is 0 Å². The van der Waals surface area contributed by atoms with Gasteiger partial charge < -0.3 is 5.32 Å². The summed E-state index contributed by atoms with van der Waals surface area (Å²) >= 11 is 0. The largest absolute Gasteiger partial charge is 0.355 e. The van der Waals surface area contributed by atoms with Crippen LogP contribution in [0.2, 0.25) is 0 Å². The van der Waals surface area contributed by atoms with E-state index in [0.717, 1.165) is 17.0 Å². The Hall–Kier alpha value is -1.76. The van der Waals surface area contributed by atoms with Crippen molar-refractivity contribution >= 4 is 5.91 Å². The summed E-state index contributed by atoms with van der Waals surface area (Å²) in [5.74, 6) is 6.02. The third-order valence-electron chi connectivity index (χ3n) is 1.97. The van der Waals surface area contributed by atoms with Crippen molar-refractivity contribution in [3.8, 4) is 11.8 Å². The first-order chi connectivity index (χ1) is 7.11. The molecule has 0 aliphatic carbocycles. The van der Waals surface area contributed by atoms with Crippen molar-refractivity contribution in [2.45, 2.75) is 27.2 Å². The fourth-order valence-corrected chi connectivity index (χ4v) is 1.19. The molecule has 0 saturated heterocycles. The van der Waals surface area contributed by atoms with Gasteiger partial charge in [-0.05, 0) is 13.8 Å². The van der Waals surface area contributed by atoms with Crippen LogP contribution in [-0.2, 0) is 4.79 Å². The summed E-state index contributed by atoms with van der Waals surface area (Å²) in [7, 11) is 0. The number of amides is 1. The molecule has 4 heteroatoms. The maximum atomic E-state index is 10.6. The molecule has 1 aromatic rings. The number of aromatic amines is 1. The van der Waals surface area contributed by atoms with E-state index >= 15 is 0 Å². The molecule has 1 rings (SSSR count). The van der Waals surface area contributed by atoms with E-state index in [1.54, 1.807) is 0 Å². The molecular weight excluding hydrogens is 190 g/mol. The molecule has 0 bridgehead atoms. The third-order valence-corrected chi connectivity index (χ3v) is 1.97. The first-order valence-electron chi connectivity index (χ1n) is 4.86. The highest BCUT2D eigenvalue weighted by atomic mass is 16.1. The van der Waals surface area contributed by atoms with Gasteiger partial charge >= 0.3 is 0 Å². The van der Waals surface area contributed by atoms with Crippen LogP contribution in [0, 0.1) is 25.7 Å². The molecule has 4 nitrogen and oxygen atoms in total. The lowest BCUT2D eigenvalue weighted by Crippen LogP contribution is -2.20. The Morgan fingerprint density at radius 2 is 2.27 bits per heavy atom. The van der Waals surface area contributed by atoms with Crippen LogP contribution in [0.4, 0.5) is 0 Å². The maximum absolute atomic E-state index is 10.6. The van der Waals surface area contributed by atoms with Crippen molar-refractivity contribution in [1.29, 1.82) is 0 Å². The van der Waals surface area contributed by atoms with Gasteiger partial charge in [0.05, 0.1) is 11.3 Å². The van der Waals surface area contributed by atoms with Crippen molar-refractivity contribution in [3.05, 3.63) is 17.0 Å². The van der Waals surface area contributed by atoms with E-state index in [1.807, 2.05) is 13.8 Å². The number of rotatable bonds is 2. The highest BCUT2D eigenvalue weighted by molar-refractivity contribution is 5.72. The molecule has 0 aliphatic rings. The second-order valence-corrected chi connectivity index (χ2v) is 3.34. The number of aryl methyl sites for hydroxylation is 2. The normalized spacial score (nSPS) is 9.27. The van der Waals surface area contributed by atoms with E-state index in [1.165, 1.54) is 6.92 Å². The van der Waals surface area contributed by atoms with Crippen molar-refractivity contribution in [1.82, 2.24) is 15.5 Å². The fourth-order valence-electron chi connectivity index (χ4n) is 1.19. The van der Waals surface area contributed by atoms with E-state index in [9.17, 15) is 4.79 Å². The molecule has 0 aromatic carbocycles. The lowest BCUT2D eigenvalue weighted by molar-refractivity contribution is -0.118. The van der Waals surface area contributed by atoms with Crippen LogP contribution in [0.5, 0.6) is 0 Å². The van der Waals surface area contributed by atoms with E-state index in [4.69, 9.17) is 0 Å². The van der Waals surface area contributed by atoms with Crippen LogP contribution < -0.4 is 5.32 Å². The molecule has 0 saturated carbocycles. The van der Waals surface area contributed by atoms with Gasteiger partial charge in [0.15, 0.2) is 0 Å². The second kappa shape index (κ2) is 5.20. The van der Waals surface area contributed by atoms with E-state index < -0.39 is 0 Å². The number of carbonyl (C=O) groups excluding carboxylic acids is 1. The topological polar surface area (TPSA) is 57.8 Å². The summed E-state index contributed by atoms with van der Waals surface area (Å²) in [6.07, 6.45) is 0.656. The molecule has 0 radical (unpaired) electrons. The third kappa shape index (κ3) is 3.47. The van der Waals surface area contributed by atoms with Crippen LogP contribution >= 0.6 is 0 Å². The van der Waals surface area contributed by atoms with E-state index in [2.05, 4.69) is 27.4 Å². The minimum absolute atomic E-state index is 0.0209. The molecule has 0 unspecified atom stereocenters. The monoisotopic (exact) mass is 205 g/mol. The predicted molar refractivity (Wildman–Crippen MR) is 58.2 cm³/mol. The van der Waals surface area contributed by atoms with Gasteiger partial charge in [-0.1, -0.05) is 11.8 Å². The molecule has 1 amide bonds. The molecule has 80 valence electrons. The SMILES string of the molecule is CC(=O)NCCC#Cc1c(C)n[nH]c1C. The Balaban J connectivity index is 2.48. The highest BCUT2D eigenvalue weighted by Crippen LogP contribution is 2.06. The molecule has 1 aromatic heterocycles. The quantitative estimate of drug-likeness (QED) is 0.557. The zero-order valence-electron chi connectivity index (χ0n) is 9.27. The molecule has 0 atom stereocenters. The van der Waals surface area contributed by atoms with Gasteiger partial charge in [0.2, 0.25) is 5.91 Å². The van der Waals surface area contributed by atoms with Gasteiger partial charge in [0, 0.05) is 25.6 Å². The van der Waals surface area contributed by atoms with Crippen molar-refractivity contribution < 1.29 is 4.79 Å². The molecule has 0 fully saturated rings. The molecule has 0 spiro atoms. The van der Waals surface area contributed by atoms with Gasteiger partial charge in [-0.2, -0.15) is 5.10 Å². The molecule has 15 heavy (non-hydrogen) atoms. The summed E-state index contributed by atoms with van der Waals surface area (Å²) in [5.41, 5.74) is 2.86. The number of nitrogens with zero attached hydrogens (tertiary/aromatic N) is 1. The Morgan fingerprint density at radius 1 is 1.53 bits per heavy atom. The van der Waals surface area contributed by atoms with Gasteiger partial charge in [0.1, 0.15) is 0 Å². The molecule has 1 heterocycles. The lowest BCUT2D eigenvalue weighted by Gasteiger charge is -1.94. The minimum Gasteiger partial charge on any atom is -0.355 e. The average Bonchev–Trinajstić information content (AvgIpc) is 2.47. The van der Waals surface area contributed by atoms with Crippen LogP contribution in [0.15, 0.2) is 0 Å². The lowest BCUT2D eigenvalue weighted by atomic mass is 10.2. The number of hydrogen-bond donors (Lipinski definition) is 2. The Morgan fingerprint density at radius 3 is 2.80 bits per heavy atom. The Bertz CT molecular complexity index is 390. The highest BCUT2D eigenvalue weighted by Gasteiger charge is 2.01. The van der Waals surface area contributed by atoms with Crippen molar-refractivity contribution in [2.75, 3.05) is 6.54 Å². The summed E-state index contributed by atoms with van der Waals surface area (Å²) in [6.45, 7) is 5.95. The summed E-state index contributed by atoms with van der Waals surface area (Å²) < 4.78 is 0. The minimum atomic E-state index is -0.0209. The zero-order chi connectivity index (χ0) is 11.3. The average molecular weight is 205 g/mol. The fraction of sp³-hybridized carbons (Fsp3) is 0.455. The number of nitrogens with one attached hydrogen (secondary N) is 2. The second-order valence-electron chi connectivity index (χ2n) is 3.34. The molecule has 2 N–H and O–H groups in total.